The minimum absolute atomic E-state index is 0.0814. The standard InChI is InChI=1S/C14H22N2O2S3/c1-19-14-4-2-3-13(14)16-21(17,18)12-7-11(20-9-12)8-15-10-5-6-10/h7,9-10,13-16H,2-6,8H2,1H3. The van der Waals surface area contributed by atoms with Crippen molar-refractivity contribution in [3.05, 3.63) is 16.3 Å². The molecule has 2 saturated carbocycles. The topological polar surface area (TPSA) is 58.2 Å². The Bertz CT molecular complexity index is 581. The molecule has 1 aromatic rings. The Labute approximate surface area is 135 Å². The van der Waals surface area contributed by atoms with Crippen LogP contribution in [0.25, 0.3) is 0 Å². The fourth-order valence-electron chi connectivity index (χ4n) is 2.74. The maximum atomic E-state index is 12.5. The predicted molar refractivity (Wildman–Crippen MR) is 89.4 cm³/mol. The van der Waals surface area contributed by atoms with Crippen LogP contribution in [-0.4, -0.2) is 32.0 Å². The van der Waals surface area contributed by atoms with E-state index in [1.165, 1.54) is 24.2 Å². The first-order chi connectivity index (χ1) is 10.1. The van der Waals surface area contributed by atoms with E-state index in [0.29, 0.717) is 16.2 Å². The molecule has 0 aromatic carbocycles. The molecular formula is C14H22N2O2S3. The van der Waals surface area contributed by atoms with Gasteiger partial charge < -0.3 is 5.32 Å². The lowest BCUT2D eigenvalue weighted by molar-refractivity contribution is 0.555. The molecule has 4 nitrogen and oxygen atoms in total. The van der Waals surface area contributed by atoms with Gasteiger partial charge in [-0.1, -0.05) is 6.42 Å². The zero-order valence-corrected chi connectivity index (χ0v) is 14.6. The molecule has 2 N–H and O–H groups in total. The monoisotopic (exact) mass is 346 g/mol. The third-order valence-corrected chi connectivity index (χ3v) is 7.87. The number of rotatable bonds is 7. The molecule has 3 rings (SSSR count). The molecule has 1 aromatic heterocycles. The Kier molecular flexibility index (Phi) is 4.95. The van der Waals surface area contributed by atoms with Gasteiger partial charge in [-0.05, 0) is 38.0 Å². The molecule has 21 heavy (non-hydrogen) atoms. The zero-order valence-electron chi connectivity index (χ0n) is 12.2. The summed E-state index contributed by atoms with van der Waals surface area (Å²) in [7, 11) is -3.37. The molecule has 2 aliphatic rings. The van der Waals surface area contributed by atoms with Crippen molar-refractivity contribution in [2.45, 2.75) is 60.9 Å². The van der Waals surface area contributed by atoms with E-state index in [0.717, 1.165) is 30.7 Å². The number of sulfonamides is 1. The summed E-state index contributed by atoms with van der Waals surface area (Å²) in [5.74, 6) is 0. The largest absolute Gasteiger partial charge is 0.309 e. The lowest BCUT2D eigenvalue weighted by Crippen LogP contribution is -2.38. The van der Waals surface area contributed by atoms with E-state index >= 15 is 0 Å². The number of hydrogen-bond donors (Lipinski definition) is 2. The maximum absolute atomic E-state index is 12.5. The molecule has 0 saturated heterocycles. The summed E-state index contributed by atoms with van der Waals surface area (Å²) in [6, 6.07) is 2.54. The third kappa shape index (κ3) is 4.01. The van der Waals surface area contributed by atoms with Crippen molar-refractivity contribution in [3.8, 4) is 0 Å². The van der Waals surface area contributed by atoms with Crippen LogP contribution in [0, 0.1) is 0 Å². The van der Waals surface area contributed by atoms with Crippen LogP contribution in [0.3, 0.4) is 0 Å². The van der Waals surface area contributed by atoms with Gasteiger partial charge in [0.1, 0.15) is 0 Å². The first kappa shape index (κ1) is 15.8. The quantitative estimate of drug-likeness (QED) is 0.797. The minimum Gasteiger partial charge on any atom is -0.309 e. The van der Waals surface area contributed by atoms with Gasteiger partial charge in [-0.15, -0.1) is 11.3 Å². The van der Waals surface area contributed by atoms with Gasteiger partial charge in [0, 0.05) is 34.1 Å². The third-order valence-electron chi connectivity index (χ3n) is 4.14. The number of thiophene rings is 1. The highest BCUT2D eigenvalue weighted by molar-refractivity contribution is 7.99. The summed E-state index contributed by atoms with van der Waals surface area (Å²) < 4.78 is 27.9. The maximum Gasteiger partial charge on any atom is 0.241 e. The Balaban J connectivity index is 1.63. The van der Waals surface area contributed by atoms with Gasteiger partial charge in [0.15, 0.2) is 0 Å². The normalized spacial score (nSPS) is 26.3. The number of thioether (sulfide) groups is 1. The van der Waals surface area contributed by atoms with Crippen molar-refractivity contribution in [2.24, 2.45) is 0 Å². The summed E-state index contributed by atoms with van der Waals surface area (Å²) in [5.41, 5.74) is 0. The average Bonchev–Trinajstić information content (AvgIpc) is 2.98. The average molecular weight is 347 g/mol. The Morgan fingerprint density at radius 3 is 2.86 bits per heavy atom. The fourth-order valence-corrected chi connectivity index (χ4v) is 6.30. The fraction of sp³-hybridized carbons (Fsp3) is 0.714. The van der Waals surface area contributed by atoms with Crippen molar-refractivity contribution in [1.29, 1.82) is 0 Å². The first-order valence-corrected chi connectivity index (χ1v) is 11.1. The van der Waals surface area contributed by atoms with Crippen molar-refractivity contribution in [3.63, 3.8) is 0 Å². The van der Waals surface area contributed by atoms with E-state index in [9.17, 15) is 8.42 Å². The Hall–Kier alpha value is -0.0800. The highest BCUT2D eigenvalue weighted by atomic mass is 32.2. The van der Waals surface area contributed by atoms with Gasteiger partial charge in [0.05, 0.1) is 4.90 Å². The van der Waals surface area contributed by atoms with E-state index in [1.54, 1.807) is 17.1 Å². The lowest BCUT2D eigenvalue weighted by atomic mass is 10.3. The van der Waals surface area contributed by atoms with Crippen LogP contribution < -0.4 is 10.0 Å². The van der Waals surface area contributed by atoms with E-state index in [-0.39, 0.29) is 6.04 Å². The van der Waals surface area contributed by atoms with Gasteiger partial charge in [0.2, 0.25) is 10.0 Å². The van der Waals surface area contributed by atoms with E-state index < -0.39 is 10.0 Å². The molecule has 0 amide bonds. The second-order valence-corrected chi connectivity index (χ2v) is 9.62. The molecule has 0 bridgehead atoms. The zero-order chi connectivity index (χ0) is 14.9. The highest BCUT2D eigenvalue weighted by Gasteiger charge is 2.31. The second-order valence-electron chi connectivity index (χ2n) is 5.84. The summed E-state index contributed by atoms with van der Waals surface area (Å²) in [5, 5.41) is 5.59. The molecule has 1 heterocycles. The second kappa shape index (κ2) is 6.58. The molecule has 118 valence electrons. The highest BCUT2D eigenvalue weighted by Crippen LogP contribution is 2.30. The number of hydrogen-bond acceptors (Lipinski definition) is 5. The van der Waals surface area contributed by atoms with E-state index in [2.05, 4.69) is 16.3 Å². The van der Waals surface area contributed by atoms with E-state index in [1.807, 2.05) is 6.07 Å². The van der Waals surface area contributed by atoms with Gasteiger partial charge in [-0.2, -0.15) is 11.8 Å². The molecule has 0 aliphatic heterocycles. The lowest BCUT2D eigenvalue weighted by Gasteiger charge is -2.18. The molecule has 2 fully saturated rings. The summed E-state index contributed by atoms with van der Waals surface area (Å²) >= 11 is 3.29. The summed E-state index contributed by atoms with van der Waals surface area (Å²) in [4.78, 5) is 1.52. The molecule has 0 spiro atoms. The molecular weight excluding hydrogens is 324 g/mol. The van der Waals surface area contributed by atoms with Crippen LogP contribution in [0.5, 0.6) is 0 Å². The van der Waals surface area contributed by atoms with Crippen LogP contribution in [0.1, 0.15) is 37.0 Å². The number of nitrogens with one attached hydrogen (secondary N) is 2. The molecule has 7 heteroatoms. The van der Waals surface area contributed by atoms with Crippen molar-refractivity contribution in [2.75, 3.05) is 6.26 Å². The van der Waals surface area contributed by atoms with Crippen molar-refractivity contribution in [1.82, 2.24) is 10.0 Å². The smallest absolute Gasteiger partial charge is 0.241 e. The van der Waals surface area contributed by atoms with Crippen molar-refractivity contribution >= 4 is 33.1 Å². The predicted octanol–water partition coefficient (Wildman–Crippen LogP) is 2.56. The first-order valence-electron chi connectivity index (χ1n) is 7.44. The Morgan fingerprint density at radius 1 is 1.33 bits per heavy atom. The van der Waals surface area contributed by atoms with E-state index in [4.69, 9.17) is 0 Å². The Morgan fingerprint density at radius 2 is 2.14 bits per heavy atom. The SMILES string of the molecule is CSC1CCCC1NS(=O)(=O)c1csc(CNC2CC2)c1. The van der Waals surface area contributed by atoms with Crippen LogP contribution >= 0.6 is 23.1 Å². The molecule has 2 unspecified atom stereocenters. The molecule has 0 radical (unpaired) electrons. The molecule has 2 atom stereocenters. The van der Waals surface area contributed by atoms with Gasteiger partial charge in [-0.3, -0.25) is 0 Å². The van der Waals surface area contributed by atoms with Crippen molar-refractivity contribution < 1.29 is 8.42 Å². The van der Waals surface area contributed by atoms with Crippen LogP contribution in [0.2, 0.25) is 0 Å². The minimum atomic E-state index is -3.37. The van der Waals surface area contributed by atoms with Crippen LogP contribution in [0.4, 0.5) is 0 Å². The van der Waals surface area contributed by atoms with Crippen LogP contribution in [0.15, 0.2) is 16.3 Å². The summed E-state index contributed by atoms with van der Waals surface area (Å²) in [6.45, 7) is 0.779. The van der Waals surface area contributed by atoms with Crippen LogP contribution in [-0.2, 0) is 16.6 Å². The van der Waals surface area contributed by atoms with Gasteiger partial charge in [0.25, 0.3) is 0 Å². The molecule has 2 aliphatic carbocycles. The van der Waals surface area contributed by atoms with Gasteiger partial charge in [-0.25, -0.2) is 13.1 Å². The summed E-state index contributed by atoms with van der Waals surface area (Å²) in [6.07, 6.45) is 7.72. The van der Waals surface area contributed by atoms with Gasteiger partial charge >= 0.3 is 0 Å².